The molecule has 23 heavy (non-hydrogen) atoms. The van der Waals surface area contributed by atoms with Crippen molar-refractivity contribution < 1.29 is 4.79 Å². The lowest BCUT2D eigenvalue weighted by Crippen LogP contribution is -2.36. The molecule has 0 unspecified atom stereocenters. The Morgan fingerprint density at radius 2 is 2.04 bits per heavy atom. The maximum Gasteiger partial charge on any atom is 0.220 e. The van der Waals surface area contributed by atoms with E-state index in [1.807, 2.05) is 0 Å². The molecular formula is C17H29N5O. The zero-order chi connectivity index (χ0) is 16.1. The molecule has 2 aliphatic heterocycles. The molecule has 2 aliphatic rings. The van der Waals surface area contributed by atoms with Gasteiger partial charge in [-0.25, -0.2) is 0 Å². The number of carbonyl (C=O) groups excluding carboxylic acids is 1. The molecule has 6 heteroatoms. The first-order valence-electron chi connectivity index (χ1n) is 9.16. The highest BCUT2D eigenvalue weighted by molar-refractivity contribution is 5.76. The molecule has 1 aromatic rings. The second-order valence-electron chi connectivity index (χ2n) is 6.91. The van der Waals surface area contributed by atoms with Crippen LogP contribution >= 0.6 is 0 Å². The summed E-state index contributed by atoms with van der Waals surface area (Å²) < 4.78 is 2.17. The summed E-state index contributed by atoms with van der Waals surface area (Å²) in [6.45, 7) is 7.20. The van der Waals surface area contributed by atoms with Gasteiger partial charge in [0.1, 0.15) is 5.82 Å². The number of likely N-dealkylation sites (tertiary alicyclic amines) is 1. The lowest BCUT2D eigenvalue weighted by molar-refractivity contribution is -0.122. The van der Waals surface area contributed by atoms with E-state index in [2.05, 4.69) is 31.9 Å². The first-order chi connectivity index (χ1) is 11.3. The van der Waals surface area contributed by atoms with E-state index in [-0.39, 0.29) is 5.91 Å². The van der Waals surface area contributed by atoms with Gasteiger partial charge >= 0.3 is 0 Å². The van der Waals surface area contributed by atoms with Crippen molar-refractivity contribution >= 4 is 5.91 Å². The third-order valence-electron chi connectivity index (χ3n) is 5.10. The minimum absolute atomic E-state index is 0.159. The van der Waals surface area contributed by atoms with Crippen LogP contribution in [0.3, 0.4) is 0 Å². The quantitative estimate of drug-likeness (QED) is 0.867. The van der Waals surface area contributed by atoms with E-state index in [4.69, 9.17) is 0 Å². The Balaban J connectivity index is 1.41. The summed E-state index contributed by atoms with van der Waals surface area (Å²) in [5, 5.41) is 11.5. The molecule has 1 aromatic heterocycles. The van der Waals surface area contributed by atoms with Crippen LogP contribution in [0.4, 0.5) is 0 Å². The lowest BCUT2D eigenvalue weighted by atomic mass is 9.93. The van der Waals surface area contributed by atoms with Gasteiger partial charge in [-0.2, -0.15) is 0 Å². The highest BCUT2D eigenvalue weighted by atomic mass is 16.1. The number of fused-ring (bicyclic) bond motifs is 1. The van der Waals surface area contributed by atoms with Gasteiger partial charge in [-0.3, -0.25) is 4.79 Å². The molecule has 3 heterocycles. The molecule has 0 bridgehead atoms. The van der Waals surface area contributed by atoms with Gasteiger partial charge in [-0.15, -0.1) is 10.2 Å². The summed E-state index contributed by atoms with van der Waals surface area (Å²) in [7, 11) is 0. The number of aromatic nitrogens is 3. The summed E-state index contributed by atoms with van der Waals surface area (Å²) in [5.41, 5.74) is 0. The first kappa shape index (κ1) is 16.4. The molecule has 0 spiro atoms. The second-order valence-corrected chi connectivity index (χ2v) is 6.91. The Labute approximate surface area is 138 Å². The van der Waals surface area contributed by atoms with Gasteiger partial charge < -0.3 is 14.8 Å². The average Bonchev–Trinajstić information content (AvgIpc) is 2.98. The average molecular weight is 319 g/mol. The highest BCUT2D eigenvalue weighted by Crippen LogP contribution is 2.20. The third kappa shape index (κ3) is 4.31. The summed E-state index contributed by atoms with van der Waals surface area (Å²) in [6.07, 6.45) is 7.55. The van der Waals surface area contributed by atoms with Gasteiger partial charge in [0, 0.05) is 19.4 Å². The summed E-state index contributed by atoms with van der Waals surface area (Å²) in [6, 6.07) is 0. The topological polar surface area (TPSA) is 63.1 Å². The fourth-order valence-electron chi connectivity index (χ4n) is 3.74. The van der Waals surface area contributed by atoms with E-state index in [1.54, 1.807) is 0 Å². The SMILES string of the molecule is CCCN1CCC(CC(=O)NCc2nnc3n2CCCC3)CC1. The number of rotatable bonds is 6. The minimum atomic E-state index is 0.159. The maximum atomic E-state index is 12.2. The van der Waals surface area contributed by atoms with Gasteiger partial charge in [-0.05, 0) is 57.7 Å². The fraction of sp³-hybridized carbons (Fsp3) is 0.824. The van der Waals surface area contributed by atoms with Gasteiger partial charge in [0.2, 0.25) is 5.91 Å². The van der Waals surface area contributed by atoms with Crippen LogP contribution in [0.25, 0.3) is 0 Å². The van der Waals surface area contributed by atoms with Crippen molar-refractivity contribution in [1.29, 1.82) is 0 Å². The monoisotopic (exact) mass is 319 g/mol. The predicted octanol–water partition coefficient (Wildman–Crippen LogP) is 1.74. The molecule has 1 N–H and O–H groups in total. The highest BCUT2D eigenvalue weighted by Gasteiger charge is 2.21. The van der Waals surface area contributed by atoms with Gasteiger partial charge in [0.05, 0.1) is 6.54 Å². The van der Waals surface area contributed by atoms with Crippen molar-refractivity contribution in [3.63, 3.8) is 0 Å². The van der Waals surface area contributed by atoms with Gasteiger partial charge in [-0.1, -0.05) is 6.92 Å². The zero-order valence-electron chi connectivity index (χ0n) is 14.3. The van der Waals surface area contributed by atoms with Crippen molar-refractivity contribution in [3.8, 4) is 0 Å². The molecule has 3 rings (SSSR count). The summed E-state index contributed by atoms with van der Waals surface area (Å²) >= 11 is 0. The zero-order valence-corrected chi connectivity index (χ0v) is 14.3. The standard InChI is InChI=1S/C17H29N5O/c1-2-8-21-10-6-14(7-11-21)12-17(23)18-13-16-20-19-15-5-3-4-9-22(15)16/h14H,2-13H2,1H3,(H,18,23). The number of nitrogens with zero attached hydrogens (tertiary/aromatic N) is 4. The summed E-state index contributed by atoms with van der Waals surface area (Å²) in [4.78, 5) is 14.7. The van der Waals surface area contributed by atoms with Crippen LogP contribution in [0.15, 0.2) is 0 Å². The second kappa shape index (κ2) is 7.90. The van der Waals surface area contributed by atoms with E-state index in [9.17, 15) is 4.79 Å². The van der Waals surface area contributed by atoms with Crippen LogP contribution < -0.4 is 5.32 Å². The molecule has 1 amide bonds. The Morgan fingerprint density at radius 1 is 1.22 bits per heavy atom. The van der Waals surface area contributed by atoms with Crippen molar-refractivity contribution in [2.24, 2.45) is 5.92 Å². The third-order valence-corrected chi connectivity index (χ3v) is 5.10. The van der Waals surface area contributed by atoms with Crippen LogP contribution in [0.2, 0.25) is 0 Å². The van der Waals surface area contributed by atoms with Crippen molar-refractivity contribution in [1.82, 2.24) is 25.0 Å². The van der Waals surface area contributed by atoms with Crippen LogP contribution in [0.1, 0.15) is 57.1 Å². The van der Waals surface area contributed by atoms with E-state index in [0.29, 0.717) is 18.9 Å². The number of amides is 1. The first-order valence-corrected chi connectivity index (χ1v) is 9.16. The molecule has 0 saturated carbocycles. The van der Waals surface area contributed by atoms with Crippen LogP contribution in [-0.4, -0.2) is 45.2 Å². The Bertz CT molecular complexity index is 519. The Morgan fingerprint density at radius 3 is 2.83 bits per heavy atom. The number of carbonyl (C=O) groups is 1. The van der Waals surface area contributed by atoms with Crippen molar-refractivity contribution in [2.75, 3.05) is 19.6 Å². The molecule has 1 fully saturated rings. The maximum absolute atomic E-state index is 12.2. The van der Waals surface area contributed by atoms with Gasteiger partial charge in [0.15, 0.2) is 5.82 Å². The molecular weight excluding hydrogens is 290 g/mol. The molecule has 0 radical (unpaired) electrons. The number of piperidine rings is 1. The molecule has 0 aromatic carbocycles. The van der Waals surface area contributed by atoms with E-state index in [0.717, 1.165) is 50.5 Å². The number of hydrogen-bond donors (Lipinski definition) is 1. The van der Waals surface area contributed by atoms with E-state index >= 15 is 0 Å². The lowest BCUT2D eigenvalue weighted by Gasteiger charge is -2.31. The smallest absolute Gasteiger partial charge is 0.220 e. The van der Waals surface area contributed by atoms with Gasteiger partial charge in [0.25, 0.3) is 0 Å². The Kier molecular flexibility index (Phi) is 5.65. The normalized spacial score (nSPS) is 19.5. The number of hydrogen-bond acceptors (Lipinski definition) is 4. The number of nitrogens with one attached hydrogen (secondary N) is 1. The predicted molar refractivity (Wildman–Crippen MR) is 88.9 cm³/mol. The molecule has 0 aliphatic carbocycles. The van der Waals surface area contributed by atoms with Crippen LogP contribution in [0.5, 0.6) is 0 Å². The van der Waals surface area contributed by atoms with E-state index < -0.39 is 0 Å². The number of aryl methyl sites for hydroxylation is 1. The Hall–Kier alpha value is -1.43. The van der Waals surface area contributed by atoms with Crippen molar-refractivity contribution in [3.05, 3.63) is 11.6 Å². The van der Waals surface area contributed by atoms with Crippen LogP contribution in [0, 0.1) is 5.92 Å². The van der Waals surface area contributed by atoms with Crippen molar-refractivity contribution in [2.45, 2.75) is 65.0 Å². The summed E-state index contributed by atoms with van der Waals surface area (Å²) in [5.74, 6) is 2.68. The molecule has 1 saturated heterocycles. The molecule has 128 valence electrons. The molecule has 0 atom stereocenters. The molecule has 6 nitrogen and oxygen atoms in total. The minimum Gasteiger partial charge on any atom is -0.349 e. The van der Waals surface area contributed by atoms with E-state index in [1.165, 1.54) is 25.8 Å². The fourth-order valence-corrected chi connectivity index (χ4v) is 3.74. The van der Waals surface area contributed by atoms with Crippen LogP contribution in [-0.2, 0) is 24.3 Å². The largest absolute Gasteiger partial charge is 0.349 e.